The highest BCUT2D eigenvalue weighted by molar-refractivity contribution is 5.78. The monoisotopic (exact) mass is 259 g/mol. The van der Waals surface area contributed by atoms with Crippen LogP contribution in [0.1, 0.15) is 24.4 Å². The van der Waals surface area contributed by atoms with Crippen molar-refractivity contribution in [3.05, 3.63) is 48.0 Å². The van der Waals surface area contributed by atoms with Crippen LogP contribution in [0.25, 0.3) is 0 Å². The first kappa shape index (κ1) is 13.1. The Balaban J connectivity index is 1.90. The molecule has 1 atom stereocenters. The van der Waals surface area contributed by atoms with Gasteiger partial charge in [-0.25, -0.2) is 4.98 Å². The molecule has 0 aliphatic heterocycles. The zero-order valence-electron chi connectivity index (χ0n) is 11.0. The summed E-state index contributed by atoms with van der Waals surface area (Å²) in [6.07, 6.45) is 3.75. The van der Waals surface area contributed by atoms with Gasteiger partial charge in [0, 0.05) is 12.4 Å². The first-order valence-corrected chi connectivity index (χ1v) is 6.10. The normalized spacial score (nSPS) is 11.9. The minimum absolute atomic E-state index is 0.0333. The minimum Gasteiger partial charge on any atom is -0.497 e. The van der Waals surface area contributed by atoms with E-state index in [0.717, 1.165) is 17.1 Å². The molecule has 0 bridgehead atoms. The van der Waals surface area contributed by atoms with Gasteiger partial charge in [-0.1, -0.05) is 12.1 Å². The van der Waals surface area contributed by atoms with Gasteiger partial charge in [-0.15, -0.1) is 0 Å². The molecule has 1 amide bonds. The Labute approximate surface area is 112 Å². The molecule has 1 aromatic heterocycles. The number of nitrogens with zero attached hydrogens (tertiary/aromatic N) is 1. The first-order chi connectivity index (χ1) is 9.19. The molecule has 2 rings (SSSR count). The lowest BCUT2D eigenvalue weighted by atomic mass is 10.1. The topological polar surface area (TPSA) is 67.0 Å². The van der Waals surface area contributed by atoms with Crippen LogP contribution in [0.2, 0.25) is 0 Å². The molecule has 19 heavy (non-hydrogen) atoms. The van der Waals surface area contributed by atoms with Gasteiger partial charge in [-0.2, -0.15) is 0 Å². The van der Waals surface area contributed by atoms with Crippen molar-refractivity contribution in [1.82, 2.24) is 15.3 Å². The van der Waals surface area contributed by atoms with Crippen LogP contribution in [-0.4, -0.2) is 23.0 Å². The number of methoxy groups -OCH3 is 1. The maximum Gasteiger partial charge on any atom is 0.224 e. The summed E-state index contributed by atoms with van der Waals surface area (Å²) in [5.41, 5.74) is 0.949. The molecule has 0 spiro atoms. The molecule has 5 heteroatoms. The number of hydrogen-bond donors (Lipinski definition) is 2. The summed E-state index contributed by atoms with van der Waals surface area (Å²) < 4.78 is 5.07. The van der Waals surface area contributed by atoms with Gasteiger partial charge in [0.1, 0.15) is 11.6 Å². The van der Waals surface area contributed by atoms with E-state index in [0.29, 0.717) is 6.42 Å². The van der Waals surface area contributed by atoms with E-state index in [4.69, 9.17) is 4.74 Å². The van der Waals surface area contributed by atoms with E-state index in [1.54, 1.807) is 19.5 Å². The zero-order valence-corrected chi connectivity index (χ0v) is 11.0. The van der Waals surface area contributed by atoms with Gasteiger partial charge in [0.15, 0.2) is 0 Å². The summed E-state index contributed by atoms with van der Waals surface area (Å²) in [5.74, 6) is 1.50. The number of imidazole rings is 1. The molecular formula is C14H17N3O2. The second-order valence-corrected chi connectivity index (χ2v) is 4.29. The fourth-order valence-electron chi connectivity index (χ4n) is 1.80. The predicted molar refractivity (Wildman–Crippen MR) is 71.8 cm³/mol. The number of carbonyl (C=O) groups excluding carboxylic acids is 1. The molecule has 100 valence electrons. The molecular weight excluding hydrogens is 242 g/mol. The van der Waals surface area contributed by atoms with Gasteiger partial charge in [0.05, 0.1) is 19.6 Å². The molecule has 5 nitrogen and oxygen atoms in total. The Bertz CT molecular complexity index is 520. The molecule has 0 saturated carbocycles. The van der Waals surface area contributed by atoms with Crippen molar-refractivity contribution in [3.63, 3.8) is 0 Å². The molecule has 0 radical (unpaired) electrons. The summed E-state index contributed by atoms with van der Waals surface area (Å²) in [6, 6.07) is 7.34. The van der Waals surface area contributed by atoms with E-state index in [1.165, 1.54) is 0 Å². The van der Waals surface area contributed by atoms with Crippen LogP contribution in [0.3, 0.4) is 0 Å². The summed E-state index contributed by atoms with van der Waals surface area (Å²) in [5, 5.41) is 2.90. The number of hydrogen-bond acceptors (Lipinski definition) is 3. The lowest BCUT2D eigenvalue weighted by Crippen LogP contribution is -2.28. The van der Waals surface area contributed by atoms with Crippen molar-refractivity contribution in [2.45, 2.75) is 19.4 Å². The van der Waals surface area contributed by atoms with Crippen LogP contribution in [-0.2, 0) is 11.2 Å². The van der Waals surface area contributed by atoms with Crippen LogP contribution in [0.4, 0.5) is 0 Å². The second-order valence-electron chi connectivity index (χ2n) is 4.29. The van der Waals surface area contributed by atoms with Crippen molar-refractivity contribution in [1.29, 1.82) is 0 Å². The van der Waals surface area contributed by atoms with Gasteiger partial charge >= 0.3 is 0 Å². The van der Waals surface area contributed by atoms with Crippen LogP contribution in [0, 0.1) is 0 Å². The SMILES string of the molecule is COc1ccc(CC(=O)NC(C)c2ncc[nH]2)cc1. The van der Waals surface area contributed by atoms with Crippen molar-refractivity contribution >= 4 is 5.91 Å². The summed E-state index contributed by atoms with van der Waals surface area (Å²) in [7, 11) is 1.62. The standard InChI is InChI=1S/C14H17N3O2/c1-10(14-15-7-8-16-14)17-13(18)9-11-3-5-12(19-2)6-4-11/h3-8,10H,9H2,1-2H3,(H,15,16)(H,17,18). The number of aromatic amines is 1. The van der Waals surface area contributed by atoms with Crippen LogP contribution >= 0.6 is 0 Å². The molecule has 0 fully saturated rings. The van der Waals surface area contributed by atoms with Crippen molar-refractivity contribution < 1.29 is 9.53 Å². The average Bonchev–Trinajstić information content (AvgIpc) is 2.93. The lowest BCUT2D eigenvalue weighted by Gasteiger charge is -2.11. The fraction of sp³-hybridized carbons (Fsp3) is 0.286. The fourth-order valence-corrected chi connectivity index (χ4v) is 1.80. The number of carbonyl (C=O) groups is 1. The molecule has 0 saturated heterocycles. The molecule has 1 unspecified atom stereocenters. The lowest BCUT2D eigenvalue weighted by molar-refractivity contribution is -0.121. The van der Waals surface area contributed by atoms with Gasteiger partial charge < -0.3 is 15.0 Å². The summed E-state index contributed by atoms with van der Waals surface area (Å²) >= 11 is 0. The molecule has 2 N–H and O–H groups in total. The molecule has 1 heterocycles. The van der Waals surface area contributed by atoms with Gasteiger partial charge in [0.25, 0.3) is 0 Å². The smallest absolute Gasteiger partial charge is 0.224 e. The van der Waals surface area contributed by atoms with E-state index in [2.05, 4.69) is 15.3 Å². The highest BCUT2D eigenvalue weighted by Crippen LogP contribution is 2.12. The average molecular weight is 259 g/mol. The van der Waals surface area contributed by atoms with E-state index >= 15 is 0 Å². The number of amides is 1. The van der Waals surface area contributed by atoms with Crippen molar-refractivity contribution in [3.8, 4) is 5.75 Å². The van der Waals surface area contributed by atoms with Crippen molar-refractivity contribution in [2.75, 3.05) is 7.11 Å². The second kappa shape index (κ2) is 6.04. The maximum atomic E-state index is 11.9. The molecule has 0 aliphatic rings. The Morgan fingerprint density at radius 2 is 2.16 bits per heavy atom. The Hall–Kier alpha value is -2.30. The number of benzene rings is 1. The Morgan fingerprint density at radius 1 is 1.42 bits per heavy atom. The van der Waals surface area contributed by atoms with Gasteiger partial charge in [0.2, 0.25) is 5.91 Å². The van der Waals surface area contributed by atoms with Gasteiger partial charge in [-0.05, 0) is 24.6 Å². The van der Waals surface area contributed by atoms with E-state index in [1.807, 2.05) is 31.2 Å². The number of ether oxygens (including phenoxy) is 1. The molecule has 0 aliphatic carbocycles. The van der Waals surface area contributed by atoms with Gasteiger partial charge in [-0.3, -0.25) is 4.79 Å². The highest BCUT2D eigenvalue weighted by Gasteiger charge is 2.11. The predicted octanol–water partition coefficient (Wildman–Crippen LogP) is 1.84. The molecule has 2 aromatic rings. The summed E-state index contributed by atoms with van der Waals surface area (Å²) in [6.45, 7) is 1.89. The maximum absolute atomic E-state index is 11.9. The Morgan fingerprint density at radius 3 is 2.74 bits per heavy atom. The van der Waals surface area contributed by atoms with Crippen LogP contribution in [0.5, 0.6) is 5.75 Å². The minimum atomic E-state index is -0.124. The quantitative estimate of drug-likeness (QED) is 0.861. The van der Waals surface area contributed by atoms with E-state index in [9.17, 15) is 4.79 Å². The summed E-state index contributed by atoms with van der Waals surface area (Å²) in [4.78, 5) is 19.0. The largest absolute Gasteiger partial charge is 0.497 e. The van der Waals surface area contributed by atoms with Crippen LogP contribution < -0.4 is 10.1 Å². The van der Waals surface area contributed by atoms with Crippen molar-refractivity contribution in [2.24, 2.45) is 0 Å². The number of rotatable bonds is 5. The third kappa shape index (κ3) is 3.58. The number of aromatic nitrogens is 2. The third-order valence-corrected chi connectivity index (χ3v) is 2.83. The van der Waals surface area contributed by atoms with E-state index in [-0.39, 0.29) is 11.9 Å². The Kier molecular flexibility index (Phi) is 4.18. The highest BCUT2D eigenvalue weighted by atomic mass is 16.5. The first-order valence-electron chi connectivity index (χ1n) is 6.10. The third-order valence-electron chi connectivity index (χ3n) is 2.83. The van der Waals surface area contributed by atoms with Crippen LogP contribution in [0.15, 0.2) is 36.7 Å². The number of nitrogens with one attached hydrogen (secondary N) is 2. The number of H-pyrrole nitrogens is 1. The zero-order chi connectivity index (χ0) is 13.7. The molecule has 1 aromatic carbocycles. The van der Waals surface area contributed by atoms with E-state index < -0.39 is 0 Å².